The monoisotopic (exact) mass is 385 g/mol. The van der Waals surface area contributed by atoms with E-state index >= 15 is 0 Å². The Labute approximate surface area is 146 Å². The third kappa shape index (κ3) is 3.77. The van der Waals surface area contributed by atoms with Gasteiger partial charge in [0.2, 0.25) is 11.5 Å². The summed E-state index contributed by atoms with van der Waals surface area (Å²) in [5.41, 5.74) is 5.88. The van der Waals surface area contributed by atoms with Crippen LogP contribution in [-0.2, 0) is 13.8 Å². The van der Waals surface area contributed by atoms with Gasteiger partial charge in [-0.15, -0.1) is 11.3 Å². The minimum absolute atomic E-state index is 0.0964. The first-order valence-electron chi connectivity index (χ1n) is 6.27. The number of fused-ring (bicyclic) bond motifs is 1. The third-order valence-corrected chi connectivity index (χ3v) is 4.81. The number of nitrogens with two attached hydrogens (primary N) is 1. The van der Waals surface area contributed by atoms with E-state index in [-0.39, 0.29) is 16.7 Å². The van der Waals surface area contributed by atoms with Crippen LogP contribution in [0.3, 0.4) is 0 Å². The highest BCUT2D eigenvalue weighted by atomic mass is 32.2. The van der Waals surface area contributed by atoms with E-state index in [1.54, 1.807) is 0 Å². The number of aromatic nitrogens is 3. The van der Waals surface area contributed by atoms with Gasteiger partial charge < -0.3 is 14.8 Å². The van der Waals surface area contributed by atoms with Crippen LogP contribution in [-0.4, -0.2) is 32.9 Å². The minimum Gasteiger partial charge on any atom is -0.379 e. The molecule has 0 bridgehead atoms. The van der Waals surface area contributed by atoms with E-state index in [2.05, 4.69) is 24.3 Å². The van der Waals surface area contributed by atoms with Crippen molar-refractivity contribution in [3.63, 3.8) is 0 Å². The fourth-order valence-corrected chi connectivity index (χ4v) is 3.59. The highest BCUT2D eigenvalue weighted by molar-refractivity contribution is 7.97. The molecule has 0 fully saturated rings. The smallest absolute Gasteiger partial charge is 0.376 e. The SMILES string of the molecule is Nc1nc(C(=NOCF)C(=O)OSc2nc3ccccc3s2)ns1. The number of nitrogens with zero attached hydrogens (tertiary/aromatic N) is 4. The van der Waals surface area contributed by atoms with Gasteiger partial charge in [0.25, 0.3) is 6.86 Å². The van der Waals surface area contributed by atoms with Crippen molar-refractivity contribution < 1.29 is 18.2 Å². The number of para-hydroxylation sites is 1. The maximum absolute atomic E-state index is 12.1. The molecule has 1 aromatic carbocycles. The molecule has 3 aromatic rings. The lowest BCUT2D eigenvalue weighted by Gasteiger charge is -2.01. The first-order chi connectivity index (χ1) is 11.7. The predicted octanol–water partition coefficient (Wildman–Crippen LogP) is 2.63. The molecule has 0 aliphatic carbocycles. The number of halogens is 1. The van der Waals surface area contributed by atoms with Crippen LogP contribution in [0.5, 0.6) is 0 Å². The average Bonchev–Trinajstić information content (AvgIpc) is 3.19. The van der Waals surface area contributed by atoms with E-state index in [9.17, 15) is 9.18 Å². The van der Waals surface area contributed by atoms with E-state index < -0.39 is 12.8 Å². The molecule has 3 rings (SSSR count). The van der Waals surface area contributed by atoms with Crippen molar-refractivity contribution in [3.05, 3.63) is 30.1 Å². The molecule has 0 atom stereocenters. The van der Waals surface area contributed by atoms with Crippen molar-refractivity contribution in [2.75, 3.05) is 12.6 Å². The number of anilines is 1. The van der Waals surface area contributed by atoms with Crippen molar-refractivity contribution in [2.24, 2.45) is 5.16 Å². The molecular weight excluding hydrogens is 377 g/mol. The quantitative estimate of drug-likeness (QED) is 0.391. The molecule has 0 saturated carbocycles. The number of oxime groups is 1. The second-order valence-electron chi connectivity index (χ2n) is 4.04. The molecule has 12 heteroatoms. The Balaban J connectivity index is 1.73. The lowest BCUT2D eigenvalue weighted by Crippen LogP contribution is -2.18. The highest BCUT2D eigenvalue weighted by Gasteiger charge is 2.23. The number of nitrogen functional groups attached to an aromatic ring is 1. The summed E-state index contributed by atoms with van der Waals surface area (Å²) in [5.74, 6) is -0.994. The first-order valence-corrected chi connectivity index (χ1v) is 8.60. The van der Waals surface area contributed by atoms with Gasteiger partial charge in [0, 0.05) is 11.5 Å². The molecule has 0 radical (unpaired) electrons. The van der Waals surface area contributed by atoms with Gasteiger partial charge >= 0.3 is 5.97 Å². The van der Waals surface area contributed by atoms with Gasteiger partial charge in [-0.1, -0.05) is 17.3 Å². The number of carbonyl (C=O) groups excluding carboxylic acids is 1. The predicted molar refractivity (Wildman–Crippen MR) is 89.5 cm³/mol. The summed E-state index contributed by atoms with van der Waals surface area (Å²) in [4.78, 5) is 24.5. The van der Waals surface area contributed by atoms with Crippen LogP contribution in [0.1, 0.15) is 5.82 Å². The number of hydrogen-bond donors (Lipinski definition) is 1. The zero-order valence-corrected chi connectivity index (χ0v) is 14.2. The Hall–Kier alpha value is -2.31. The van der Waals surface area contributed by atoms with Gasteiger partial charge in [0.15, 0.2) is 9.47 Å². The van der Waals surface area contributed by atoms with Crippen LogP contribution in [0.2, 0.25) is 0 Å². The van der Waals surface area contributed by atoms with Gasteiger partial charge in [-0.05, 0) is 12.1 Å². The molecule has 0 spiro atoms. The molecule has 124 valence electrons. The van der Waals surface area contributed by atoms with Crippen molar-refractivity contribution in [2.45, 2.75) is 4.34 Å². The average molecular weight is 385 g/mol. The van der Waals surface area contributed by atoms with E-state index in [0.29, 0.717) is 4.34 Å². The molecule has 0 aliphatic rings. The molecule has 2 N–H and O–H groups in total. The summed E-state index contributed by atoms with van der Waals surface area (Å²) in [6, 6.07) is 7.50. The topological polar surface area (TPSA) is 113 Å². The summed E-state index contributed by atoms with van der Waals surface area (Å²) in [6.45, 7) is -1.21. The molecule has 24 heavy (non-hydrogen) atoms. The first kappa shape index (κ1) is 16.5. The third-order valence-electron chi connectivity index (χ3n) is 2.51. The minimum atomic E-state index is -1.21. The number of carbonyl (C=O) groups is 1. The van der Waals surface area contributed by atoms with Gasteiger partial charge in [-0.3, -0.25) is 0 Å². The second-order valence-corrected chi connectivity index (χ2v) is 6.83. The summed E-state index contributed by atoms with van der Waals surface area (Å²) in [6.07, 6.45) is 0. The maximum Gasteiger partial charge on any atom is 0.376 e. The van der Waals surface area contributed by atoms with E-state index in [0.717, 1.165) is 33.8 Å². The summed E-state index contributed by atoms with van der Waals surface area (Å²) in [7, 11) is 0. The van der Waals surface area contributed by atoms with Gasteiger partial charge in [-0.2, -0.15) is 9.36 Å². The fourth-order valence-electron chi connectivity index (χ4n) is 1.59. The number of rotatable bonds is 6. The summed E-state index contributed by atoms with van der Waals surface area (Å²) >= 11 is 2.99. The van der Waals surface area contributed by atoms with Crippen molar-refractivity contribution in [1.82, 2.24) is 14.3 Å². The van der Waals surface area contributed by atoms with Crippen molar-refractivity contribution in [1.29, 1.82) is 0 Å². The standard InChI is InChI=1S/C12H8FN5O3S3/c13-5-20-17-8(9-16-11(14)23-18-9)10(19)21-24-12-15-6-3-1-2-4-7(6)22-12/h1-4H,5H2,(H2,14,16,18). The number of benzene rings is 1. The molecule has 8 nitrogen and oxygen atoms in total. The van der Waals surface area contributed by atoms with E-state index in [1.165, 1.54) is 11.3 Å². The van der Waals surface area contributed by atoms with E-state index in [1.807, 2.05) is 24.3 Å². The molecule has 0 saturated heterocycles. The molecule has 2 aromatic heterocycles. The number of alkyl halides is 1. The molecular formula is C12H8FN5O3S3. The lowest BCUT2D eigenvalue weighted by molar-refractivity contribution is -0.125. The van der Waals surface area contributed by atoms with E-state index in [4.69, 9.17) is 9.92 Å². The normalized spacial score (nSPS) is 11.6. The van der Waals surface area contributed by atoms with Crippen molar-refractivity contribution >= 4 is 61.9 Å². The van der Waals surface area contributed by atoms with Crippen molar-refractivity contribution in [3.8, 4) is 0 Å². The van der Waals surface area contributed by atoms with Crippen LogP contribution in [0, 0.1) is 0 Å². The van der Waals surface area contributed by atoms with Crippen LogP contribution in [0.4, 0.5) is 9.52 Å². The van der Waals surface area contributed by atoms with Gasteiger partial charge in [0.05, 0.1) is 10.2 Å². The zero-order valence-electron chi connectivity index (χ0n) is 11.7. The zero-order chi connectivity index (χ0) is 16.9. The fraction of sp³-hybridized carbons (Fsp3) is 0.0833. The van der Waals surface area contributed by atoms with Crippen LogP contribution in [0.15, 0.2) is 33.8 Å². The Kier molecular flexibility index (Phi) is 5.17. The van der Waals surface area contributed by atoms with Crippen LogP contribution in [0.25, 0.3) is 10.2 Å². The Morgan fingerprint density at radius 1 is 1.38 bits per heavy atom. The lowest BCUT2D eigenvalue weighted by atomic mass is 10.3. The molecule has 0 aliphatic heterocycles. The van der Waals surface area contributed by atoms with Gasteiger partial charge in [-0.25, -0.2) is 14.2 Å². The Morgan fingerprint density at radius 2 is 2.21 bits per heavy atom. The van der Waals surface area contributed by atoms with Crippen LogP contribution >= 0.6 is 34.9 Å². The second kappa shape index (κ2) is 7.51. The van der Waals surface area contributed by atoms with Crippen LogP contribution < -0.4 is 5.73 Å². The number of thiazole rings is 1. The molecule has 0 amide bonds. The summed E-state index contributed by atoms with van der Waals surface area (Å²) < 4.78 is 22.5. The summed E-state index contributed by atoms with van der Waals surface area (Å²) in [5, 5.41) is 3.47. The number of hydrogen-bond acceptors (Lipinski definition) is 11. The molecule has 2 heterocycles. The highest BCUT2D eigenvalue weighted by Crippen LogP contribution is 2.30. The Morgan fingerprint density at radius 3 is 2.92 bits per heavy atom. The molecule has 0 unspecified atom stereocenters. The van der Waals surface area contributed by atoms with Gasteiger partial charge in [0.1, 0.15) is 12.0 Å². The largest absolute Gasteiger partial charge is 0.379 e. The maximum atomic E-state index is 12.1. The Bertz CT molecular complexity index is 864.